The summed E-state index contributed by atoms with van der Waals surface area (Å²) < 4.78 is 0. The number of hydrogen-bond donors (Lipinski definition) is 1. The lowest BCUT2D eigenvalue weighted by Crippen LogP contribution is -2.15. The Morgan fingerprint density at radius 2 is 2.15 bits per heavy atom. The number of aromatic nitrogens is 1. The average molecular weight is 179 g/mol. The molecular formula is C11H17NO. The molecule has 1 aromatic rings. The Morgan fingerprint density at radius 3 is 2.62 bits per heavy atom. The predicted molar refractivity (Wildman–Crippen MR) is 53.7 cm³/mol. The van der Waals surface area contributed by atoms with E-state index in [4.69, 9.17) is 0 Å². The highest BCUT2D eigenvalue weighted by molar-refractivity contribution is 5.14. The maximum absolute atomic E-state index is 9.52. The maximum atomic E-state index is 9.52. The molecule has 72 valence electrons. The number of nitrogens with zero attached hydrogens (tertiary/aromatic N) is 1. The molecule has 1 aromatic heterocycles. The Kier molecular flexibility index (Phi) is 3.43. The van der Waals surface area contributed by atoms with E-state index in [1.165, 1.54) is 0 Å². The summed E-state index contributed by atoms with van der Waals surface area (Å²) in [4.78, 5) is 4.41. The van der Waals surface area contributed by atoms with E-state index in [1.807, 2.05) is 32.0 Å². The van der Waals surface area contributed by atoms with Crippen LogP contribution in [0.5, 0.6) is 0 Å². The van der Waals surface area contributed by atoms with E-state index in [0.717, 1.165) is 17.8 Å². The van der Waals surface area contributed by atoms with Crippen LogP contribution in [0.25, 0.3) is 0 Å². The number of hydrogen-bond acceptors (Lipinski definition) is 2. The van der Waals surface area contributed by atoms with Crippen LogP contribution in [-0.4, -0.2) is 16.2 Å². The molecule has 1 rings (SSSR count). The standard InChI is InChI=1S/C11H17NO/c1-4-10(9(3)13)11-7-5-6-8(2)12-11/h5-7,9-10,13H,4H2,1-3H3. The first-order valence-corrected chi connectivity index (χ1v) is 4.76. The molecule has 0 aliphatic rings. The van der Waals surface area contributed by atoms with Gasteiger partial charge < -0.3 is 5.11 Å². The smallest absolute Gasteiger partial charge is 0.0595 e. The van der Waals surface area contributed by atoms with Crippen molar-refractivity contribution in [1.29, 1.82) is 0 Å². The van der Waals surface area contributed by atoms with Crippen LogP contribution in [0.4, 0.5) is 0 Å². The molecule has 0 radical (unpaired) electrons. The summed E-state index contributed by atoms with van der Waals surface area (Å²) in [7, 11) is 0. The maximum Gasteiger partial charge on any atom is 0.0595 e. The van der Waals surface area contributed by atoms with Gasteiger partial charge in [-0.25, -0.2) is 0 Å². The second kappa shape index (κ2) is 4.38. The van der Waals surface area contributed by atoms with Crippen molar-refractivity contribution in [3.05, 3.63) is 29.6 Å². The first-order valence-electron chi connectivity index (χ1n) is 4.76. The fraction of sp³-hybridized carbons (Fsp3) is 0.545. The molecule has 2 unspecified atom stereocenters. The molecule has 1 N–H and O–H groups in total. The second-order valence-corrected chi connectivity index (χ2v) is 3.46. The van der Waals surface area contributed by atoms with Crippen molar-refractivity contribution in [1.82, 2.24) is 4.98 Å². The van der Waals surface area contributed by atoms with Gasteiger partial charge in [-0.1, -0.05) is 13.0 Å². The Labute approximate surface area is 79.6 Å². The third kappa shape index (κ3) is 2.52. The van der Waals surface area contributed by atoms with Crippen LogP contribution in [0.2, 0.25) is 0 Å². The Hall–Kier alpha value is -0.890. The molecule has 2 heteroatoms. The van der Waals surface area contributed by atoms with Crippen LogP contribution in [0, 0.1) is 6.92 Å². The molecule has 0 aliphatic heterocycles. The lowest BCUT2D eigenvalue weighted by Gasteiger charge is -2.17. The number of aliphatic hydroxyl groups is 1. The lowest BCUT2D eigenvalue weighted by molar-refractivity contribution is 0.158. The van der Waals surface area contributed by atoms with Crippen molar-refractivity contribution in [2.45, 2.75) is 39.2 Å². The van der Waals surface area contributed by atoms with Gasteiger partial charge in [0.2, 0.25) is 0 Å². The highest BCUT2D eigenvalue weighted by Crippen LogP contribution is 2.21. The normalized spacial score (nSPS) is 15.4. The third-order valence-electron chi connectivity index (χ3n) is 2.31. The largest absolute Gasteiger partial charge is 0.393 e. The average Bonchev–Trinajstić information content (AvgIpc) is 2.04. The number of aryl methyl sites for hydroxylation is 1. The topological polar surface area (TPSA) is 33.1 Å². The van der Waals surface area contributed by atoms with Crippen molar-refractivity contribution >= 4 is 0 Å². The number of aliphatic hydroxyl groups excluding tert-OH is 1. The van der Waals surface area contributed by atoms with E-state index >= 15 is 0 Å². The molecule has 0 aromatic carbocycles. The van der Waals surface area contributed by atoms with Gasteiger partial charge in [0.1, 0.15) is 0 Å². The van der Waals surface area contributed by atoms with Crippen LogP contribution in [0.1, 0.15) is 37.6 Å². The summed E-state index contributed by atoms with van der Waals surface area (Å²) in [5, 5.41) is 9.52. The monoisotopic (exact) mass is 179 g/mol. The molecule has 0 saturated carbocycles. The van der Waals surface area contributed by atoms with E-state index < -0.39 is 0 Å². The molecule has 1 heterocycles. The summed E-state index contributed by atoms with van der Waals surface area (Å²) in [6, 6.07) is 5.94. The number of pyridine rings is 1. The first kappa shape index (κ1) is 10.2. The summed E-state index contributed by atoms with van der Waals surface area (Å²) in [6.45, 7) is 5.86. The number of rotatable bonds is 3. The van der Waals surface area contributed by atoms with Crippen LogP contribution < -0.4 is 0 Å². The minimum Gasteiger partial charge on any atom is -0.393 e. The molecular weight excluding hydrogens is 162 g/mol. The summed E-state index contributed by atoms with van der Waals surface area (Å²) in [6.07, 6.45) is 0.605. The Morgan fingerprint density at radius 1 is 1.46 bits per heavy atom. The lowest BCUT2D eigenvalue weighted by atomic mass is 9.96. The fourth-order valence-corrected chi connectivity index (χ4v) is 1.57. The van der Waals surface area contributed by atoms with Crippen molar-refractivity contribution in [2.24, 2.45) is 0 Å². The van der Waals surface area contributed by atoms with Gasteiger partial charge in [-0.15, -0.1) is 0 Å². The molecule has 0 saturated heterocycles. The molecule has 2 atom stereocenters. The summed E-state index contributed by atoms with van der Waals surface area (Å²) in [5.74, 6) is 0.167. The molecule has 0 aliphatic carbocycles. The zero-order valence-corrected chi connectivity index (χ0v) is 8.49. The SMILES string of the molecule is CCC(c1cccc(C)n1)C(C)O. The van der Waals surface area contributed by atoms with Crippen LogP contribution in [-0.2, 0) is 0 Å². The minimum atomic E-state index is -0.320. The third-order valence-corrected chi connectivity index (χ3v) is 2.31. The quantitative estimate of drug-likeness (QED) is 0.772. The molecule has 2 nitrogen and oxygen atoms in total. The predicted octanol–water partition coefficient (Wildman–Crippen LogP) is 2.26. The molecule has 0 bridgehead atoms. The van der Waals surface area contributed by atoms with Gasteiger partial charge in [-0.3, -0.25) is 4.98 Å². The first-order chi connectivity index (χ1) is 6.15. The minimum absolute atomic E-state index is 0.167. The summed E-state index contributed by atoms with van der Waals surface area (Å²) in [5.41, 5.74) is 2.01. The van der Waals surface area contributed by atoms with Crippen molar-refractivity contribution in [3.63, 3.8) is 0 Å². The summed E-state index contributed by atoms with van der Waals surface area (Å²) >= 11 is 0. The molecule has 13 heavy (non-hydrogen) atoms. The van der Waals surface area contributed by atoms with Crippen LogP contribution in [0.15, 0.2) is 18.2 Å². The van der Waals surface area contributed by atoms with Gasteiger partial charge in [0.15, 0.2) is 0 Å². The van der Waals surface area contributed by atoms with E-state index in [-0.39, 0.29) is 12.0 Å². The second-order valence-electron chi connectivity index (χ2n) is 3.46. The highest BCUT2D eigenvalue weighted by atomic mass is 16.3. The van der Waals surface area contributed by atoms with Gasteiger partial charge >= 0.3 is 0 Å². The highest BCUT2D eigenvalue weighted by Gasteiger charge is 2.15. The fourth-order valence-electron chi connectivity index (χ4n) is 1.57. The van der Waals surface area contributed by atoms with E-state index in [9.17, 15) is 5.11 Å². The van der Waals surface area contributed by atoms with Crippen molar-refractivity contribution in [2.75, 3.05) is 0 Å². The molecule has 0 spiro atoms. The van der Waals surface area contributed by atoms with Gasteiger partial charge in [-0.2, -0.15) is 0 Å². The van der Waals surface area contributed by atoms with E-state index in [1.54, 1.807) is 0 Å². The Balaban J connectivity index is 2.91. The van der Waals surface area contributed by atoms with Crippen molar-refractivity contribution in [3.8, 4) is 0 Å². The van der Waals surface area contributed by atoms with Gasteiger partial charge in [0.05, 0.1) is 6.10 Å². The molecule has 0 fully saturated rings. The zero-order chi connectivity index (χ0) is 9.84. The van der Waals surface area contributed by atoms with E-state index in [2.05, 4.69) is 11.9 Å². The molecule has 0 amide bonds. The van der Waals surface area contributed by atoms with Crippen LogP contribution >= 0.6 is 0 Å². The van der Waals surface area contributed by atoms with Crippen molar-refractivity contribution < 1.29 is 5.11 Å². The zero-order valence-electron chi connectivity index (χ0n) is 8.49. The Bertz CT molecular complexity index is 271. The van der Waals surface area contributed by atoms with E-state index in [0.29, 0.717) is 0 Å². The van der Waals surface area contributed by atoms with Gasteiger partial charge in [-0.05, 0) is 32.4 Å². The van der Waals surface area contributed by atoms with Gasteiger partial charge in [0.25, 0.3) is 0 Å². The van der Waals surface area contributed by atoms with Gasteiger partial charge in [0, 0.05) is 17.3 Å². The van der Waals surface area contributed by atoms with Crippen LogP contribution in [0.3, 0.4) is 0 Å².